The Bertz CT molecular complexity index is 554. The maximum absolute atomic E-state index is 11.9. The molecule has 1 saturated heterocycles. The Kier molecular flexibility index (Phi) is 8.22. The van der Waals surface area contributed by atoms with Crippen molar-refractivity contribution in [3.8, 4) is 0 Å². The number of benzene rings is 1. The Hall–Kier alpha value is -1.59. The number of likely N-dealkylation sites (tertiary alicyclic amines) is 1. The van der Waals surface area contributed by atoms with Crippen LogP contribution in [0, 0.1) is 5.92 Å². The Morgan fingerprint density at radius 2 is 1.80 bits per heavy atom. The number of nitrogens with zero attached hydrogens (tertiary/aromatic N) is 1. The van der Waals surface area contributed by atoms with Crippen LogP contribution >= 0.6 is 11.6 Å². The standard InChI is InChI=1S/C19H28ClN3O2/c1-15-8-13-23(14-9-15)12-2-10-21-18(24)7-11-22-19(25)16-3-5-17(20)6-4-16/h3-6,15H,2,7-14H2,1H3,(H,21,24)(H,22,25). The van der Waals surface area contributed by atoms with Crippen molar-refractivity contribution in [2.75, 3.05) is 32.7 Å². The normalized spacial score (nSPS) is 15.8. The zero-order valence-electron chi connectivity index (χ0n) is 14.9. The fraction of sp³-hybridized carbons (Fsp3) is 0.579. The molecule has 1 heterocycles. The number of rotatable bonds is 8. The molecule has 1 aromatic carbocycles. The molecular formula is C19H28ClN3O2. The number of piperidine rings is 1. The van der Waals surface area contributed by atoms with Crippen LogP contribution < -0.4 is 10.6 Å². The first-order valence-electron chi connectivity index (χ1n) is 9.07. The summed E-state index contributed by atoms with van der Waals surface area (Å²) >= 11 is 5.79. The number of halogens is 1. The molecular weight excluding hydrogens is 338 g/mol. The highest BCUT2D eigenvalue weighted by Crippen LogP contribution is 2.15. The molecule has 0 saturated carbocycles. The molecule has 1 aromatic rings. The Morgan fingerprint density at radius 3 is 2.48 bits per heavy atom. The van der Waals surface area contributed by atoms with E-state index in [4.69, 9.17) is 11.6 Å². The molecule has 1 aliphatic heterocycles. The van der Waals surface area contributed by atoms with Crippen LogP contribution in [0.2, 0.25) is 5.02 Å². The molecule has 0 aromatic heterocycles. The predicted octanol–water partition coefficient (Wildman–Crippen LogP) is 2.70. The quantitative estimate of drug-likeness (QED) is 0.696. The SMILES string of the molecule is CC1CCN(CCCNC(=O)CCNC(=O)c2ccc(Cl)cc2)CC1. The van der Waals surface area contributed by atoms with Gasteiger partial charge in [-0.1, -0.05) is 18.5 Å². The van der Waals surface area contributed by atoms with Gasteiger partial charge in [-0.25, -0.2) is 0 Å². The van der Waals surface area contributed by atoms with E-state index in [1.165, 1.54) is 25.9 Å². The van der Waals surface area contributed by atoms with Crippen LogP contribution in [0.15, 0.2) is 24.3 Å². The van der Waals surface area contributed by atoms with Gasteiger partial charge in [-0.05, 0) is 69.1 Å². The predicted molar refractivity (Wildman–Crippen MR) is 101 cm³/mol. The van der Waals surface area contributed by atoms with Crippen molar-refractivity contribution in [1.29, 1.82) is 0 Å². The summed E-state index contributed by atoms with van der Waals surface area (Å²) in [6, 6.07) is 6.68. The maximum Gasteiger partial charge on any atom is 0.251 e. The minimum atomic E-state index is -0.191. The number of nitrogens with one attached hydrogen (secondary N) is 2. The summed E-state index contributed by atoms with van der Waals surface area (Å²) in [5.74, 6) is 0.631. The lowest BCUT2D eigenvalue weighted by Gasteiger charge is -2.30. The summed E-state index contributed by atoms with van der Waals surface area (Å²) < 4.78 is 0. The first-order chi connectivity index (χ1) is 12.0. The van der Waals surface area contributed by atoms with E-state index >= 15 is 0 Å². The van der Waals surface area contributed by atoms with Gasteiger partial charge in [0, 0.05) is 30.1 Å². The van der Waals surface area contributed by atoms with Crippen LogP contribution in [-0.4, -0.2) is 49.4 Å². The molecule has 0 unspecified atom stereocenters. The highest BCUT2D eigenvalue weighted by Gasteiger charge is 2.14. The molecule has 138 valence electrons. The number of carbonyl (C=O) groups is 2. The van der Waals surface area contributed by atoms with Crippen LogP contribution in [0.4, 0.5) is 0 Å². The van der Waals surface area contributed by atoms with E-state index in [1.807, 2.05) is 0 Å². The van der Waals surface area contributed by atoms with Crippen molar-refractivity contribution < 1.29 is 9.59 Å². The molecule has 5 nitrogen and oxygen atoms in total. The molecule has 1 fully saturated rings. The molecule has 25 heavy (non-hydrogen) atoms. The summed E-state index contributed by atoms with van der Waals surface area (Å²) in [4.78, 5) is 26.2. The average Bonchev–Trinajstić information content (AvgIpc) is 2.61. The molecule has 0 radical (unpaired) electrons. The van der Waals surface area contributed by atoms with Crippen LogP contribution in [0.5, 0.6) is 0 Å². The highest BCUT2D eigenvalue weighted by atomic mass is 35.5. The Labute approximate surface area is 155 Å². The van der Waals surface area contributed by atoms with Gasteiger partial charge in [0.1, 0.15) is 0 Å². The second-order valence-electron chi connectivity index (χ2n) is 6.74. The fourth-order valence-corrected chi connectivity index (χ4v) is 3.02. The van der Waals surface area contributed by atoms with E-state index < -0.39 is 0 Å². The molecule has 0 atom stereocenters. The summed E-state index contributed by atoms with van der Waals surface area (Å²) in [7, 11) is 0. The first kappa shape index (κ1) is 19.7. The molecule has 1 aliphatic rings. The van der Waals surface area contributed by atoms with Crippen LogP contribution in [0.3, 0.4) is 0 Å². The number of amides is 2. The fourth-order valence-electron chi connectivity index (χ4n) is 2.90. The number of hydrogen-bond donors (Lipinski definition) is 2. The zero-order chi connectivity index (χ0) is 18.1. The minimum Gasteiger partial charge on any atom is -0.356 e. The van der Waals surface area contributed by atoms with Crippen LogP contribution in [0.1, 0.15) is 43.0 Å². The van der Waals surface area contributed by atoms with Crippen molar-refractivity contribution in [3.05, 3.63) is 34.9 Å². The molecule has 2 rings (SSSR count). The van der Waals surface area contributed by atoms with Gasteiger partial charge in [-0.15, -0.1) is 0 Å². The van der Waals surface area contributed by atoms with E-state index in [0.29, 0.717) is 30.1 Å². The topological polar surface area (TPSA) is 61.4 Å². The summed E-state index contributed by atoms with van der Waals surface area (Å²) in [6.45, 7) is 6.72. The van der Waals surface area contributed by atoms with Gasteiger partial charge in [-0.2, -0.15) is 0 Å². The molecule has 0 spiro atoms. The highest BCUT2D eigenvalue weighted by molar-refractivity contribution is 6.30. The van der Waals surface area contributed by atoms with Crippen LogP contribution in [-0.2, 0) is 4.79 Å². The summed E-state index contributed by atoms with van der Waals surface area (Å²) in [6.07, 6.45) is 3.82. The molecule has 6 heteroatoms. The van der Waals surface area contributed by atoms with Crippen molar-refractivity contribution in [2.45, 2.75) is 32.6 Å². The monoisotopic (exact) mass is 365 g/mol. The number of carbonyl (C=O) groups excluding carboxylic acids is 2. The zero-order valence-corrected chi connectivity index (χ0v) is 15.6. The second kappa shape index (κ2) is 10.4. The van der Waals surface area contributed by atoms with Gasteiger partial charge in [0.05, 0.1) is 0 Å². The molecule has 2 amide bonds. The van der Waals surface area contributed by atoms with Crippen molar-refractivity contribution in [3.63, 3.8) is 0 Å². The lowest BCUT2D eigenvalue weighted by Crippen LogP contribution is -2.36. The second-order valence-corrected chi connectivity index (χ2v) is 7.18. The van der Waals surface area contributed by atoms with E-state index in [2.05, 4.69) is 22.5 Å². The van der Waals surface area contributed by atoms with Gasteiger partial charge in [0.25, 0.3) is 5.91 Å². The third-order valence-electron chi connectivity index (χ3n) is 4.59. The third kappa shape index (κ3) is 7.45. The van der Waals surface area contributed by atoms with Crippen LogP contribution in [0.25, 0.3) is 0 Å². The van der Waals surface area contributed by atoms with E-state index in [-0.39, 0.29) is 11.8 Å². The van der Waals surface area contributed by atoms with Gasteiger partial charge in [0.15, 0.2) is 0 Å². The minimum absolute atomic E-state index is 0.0244. The van der Waals surface area contributed by atoms with E-state index in [1.54, 1.807) is 24.3 Å². The Balaban J connectivity index is 1.52. The molecule has 0 aliphatic carbocycles. The average molecular weight is 366 g/mol. The van der Waals surface area contributed by atoms with Gasteiger partial charge in [0.2, 0.25) is 5.91 Å². The molecule has 2 N–H and O–H groups in total. The van der Waals surface area contributed by atoms with Gasteiger partial charge < -0.3 is 15.5 Å². The molecule has 0 bridgehead atoms. The van der Waals surface area contributed by atoms with Crippen molar-refractivity contribution in [1.82, 2.24) is 15.5 Å². The van der Waals surface area contributed by atoms with Gasteiger partial charge >= 0.3 is 0 Å². The smallest absolute Gasteiger partial charge is 0.251 e. The summed E-state index contributed by atoms with van der Waals surface area (Å²) in [5.41, 5.74) is 0.542. The lowest BCUT2D eigenvalue weighted by atomic mass is 9.99. The largest absolute Gasteiger partial charge is 0.356 e. The lowest BCUT2D eigenvalue weighted by molar-refractivity contribution is -0.120. The van der Waals surface area contributed by atoms with Gasteiger partial charge in [-0.3, -0.25) is 9.59 Å². The Morgan fingerprint density at radius 1 is 1.12 bits per heavy atom. The summed E-state index contributed by atoms with van der Waals surface area (Å²) in [5, 5.41) is 6.25. The van der Waals surface area contributed by atoms with Crippen molar-refractivity contribution in [2.24, 2.45) is 5.92 Å². The van der Waals surface area contributed by atoms with E-state index in [9.17, 15) is 9.59 Å². The third-order valence-corrected chi connectivity index (χ3v) is 4.85. The maximum atomic E-state index is 11.9. The number of hydrogen-bond acceptors (Lipinski definition) is 3. The van der Waals surface area contributed by atoms with E-state index in [0.717, 1.165) is 18.9 Å². The first-order valence-corrected chi connectivity index (χ1v) is 9.45. The van der Waals surface area contributed by atoms with Crippen molar-refractivity contribution >= 4 is 23.4 Å².